The highest BCUT2D eigenvalue weighted by atomic mass is 19.1. The fourth-order valence-corrected chi connectivity index (χ4v) is 2.89. The second-order valence-electron chi connectivity index (χ2n) is 6.31. The van der Waals surface area contributed by atoms with E-state index in [9.17, 15) is 9.18 Å². The predicted molar refractivity (Wildman–Crippen MR) is 88.8 cm³/mol. The molecule has 1 fully saturated rings. The molecule has 1 amide bonds. The molecule has 0 aromatic heterocycles. The number of benzene rings is 1. The molecule has 1 unspecified atom stereocenters. The number of amides is 1. The largest absolute Gasteiger partial charge is 0.496 e. The van der Waals surface area contributed by atoms with Crippen LogP contribution in [0, 0.1) is 11.7 Å². The molecule has 1 aromatic carbocycles. The van der Waals surface area contributed by atoms with Crippen molar-refractivity contribution in [3.8, 4) is 5.75 Å². The number of halogens is 1. The Morgan fingerprint density at radius 3 is 2.96 bits per heavy atom. The lowest BCUT2D eigenvalue weighted by Gasteiger charge is -2.18. The van der Waals surface area contributed by atoms with E-state index >= 15 is 0 Å². The normalized spacial score (nSPS) is 17.8. The number of hydrogen-bond acceptors (Lipinski definition) is 3. The zero-order chi connectivity index (χ0) is 16.8. The van der Waals surface area contributed by atoms with E-state index in [2.05, 4.69) is 10.2 Å². The molecule has 1 aliphatic rings. The summed E-state index contributed by atoms with van der Waals surface area (Å²) in [5.41, 5.74) is 1.86. The van der Waals surface area contributed by atoms with Crippen LogP contribution in [0.15, 0.2) is 29.8 Å². The fraction of sp³-hybridized carbons (Fsp3) is 0.500. The average molecular weight is 320 g/mol. The van der Waals surface area contributed by atoms with Gasteiger partial charge in [0.2, 0.25) is 5.91 Å². The summed E-state index contributed by atoms with van der Waals surface area (Å²) in [4.78, 5) is 13.9. The fourth-order valence-electron chi connectivity index (χ4n) is 2.89. The summed E-state index contributed by atoms with van der Waals surface area (Å²) >= 11 is 0. The highest BCUT2D eigenvalue weighted by Crippen LogP contribution is 2.24. The quantitative estimate of drug-likeness (QED) is 0.820. The van der Waals surface area contributed by atoms with Crippen LogP contribution in [0.25, 0.3) is 0 Å². The molecule has 0 spiro atoms. The van der Waals surface area contributed by atoms with Gasteiger partial charge in [-0.3, -0.25) is 9.69 Å². The van der Waals surface area contributed by atoms with Crippen molar-refractivity contribution < 1.29 is 13.9 Å². The Labute approximate surface area is 137 Å². The first kappa shape index (κ1) is 17.5. The summed E-state index contributed by atoms with van der Waals surface area (Å²) < 4.78 is 18.7. The maximum Gasteiger partial charge on any atom is 0.243 e. The summed E-state index contributed by atoms with van der Waals surface area (Å²) in [5, 5.41) is 2.95. The van der Waals surface area contributed by atoms with Gasteiger partial charge in [-0.15, -0.1) is 0 Å². The van der Waals surface area contributed by atoms with Crippen LogP contribution in [0.3, 0.4) is 0 Å². The molecular weight excluding hydrogens is 295 g/mol. The summed E-state index contributed by atoms with van der Waals surface area (Å²) in [6, 6.07) is 4.61. The maximum atomic E-state index is 13.4. The number of carbonyl (C=O) groups is 1. The molecule has 1 saturated heterocycles. The Morgan fingerprint density at radius 1 is 1.48 bits per heavy atom. The zero-order valence-electron chi connectivity index (χ0n) is 14.1. The molecule has 1 heterocycles. The summed E-state index contributed by atoms with van der Waals surface area (Å²) in [7, 11) is 1.60. The first-order chi connectivity index (χ1) is 11.0. The van der Waals surface area contributed by atoms with Crippen LogP contribution in [-0.2, 0) is 11.3 Å². The lowest BCUT2D eigenvalue weighted by molar-refractivity contribution is -0.116. The van der Waals surface area contributed by atoms with Crippen LogP contribution < -0.4 is 10.1 Å². The minimum atomic E-state index is -0.245. The maximum absolute atomic E-state index is 13.4. The van der Waals surface area contributed by atoms with Crippen molar-refractivity contribution in [2.45, 2.75) is 26.8 Å². The van der Waals surface area contributed by atoms with Crippen molar-refractivity contribution in [3.63, 3.8) is 0 Å². The van der Waals surface area contributed by atoms with Crippen molar-refractivity contribution >= 4 is 5.91 Å². The molecule has 126 valence electrons. The Hall–Kier alpha value is -1.88. The van der Waals surface area contributed by atoms with Crippen molar-refractivity contribution in [3.05, 3.63) is 41.2 Å². The number of hydrogen-bond donors (Lipinski definition) is 1. The highest BCUT2D eigenvalue weighted by Gasteiger charge is 2.23. The van der Waals surface area contributed by atoms with Crippen molar-refractivity contribution in [1.82, 2.24) is 10.2 Å². The van der Waals surface area contributed by atoms with Crippen molar-refractivity contribution in [2.75, 3.05) is 26.7 Å². The van der Waals surface area contributed by atoms with Crippen LogP contribution >= 0.6 is 0 Å². The topological polar surface area (TPSA) is 41.6 Å². The molecule has 1 aromatic rings. The molecule has 0 saturated carbocycles. The van der Waals surface area contributed by atoms with E-state index in [1.807, 2.05) is 13.8 Å². The van der Waals surface area contributed by atoms with E-state index < -0.39 is 0 Å². The Balaban J connectivity index is 1.85. The van der Waals surface area contributed by atoms with Gasteiger partial charge in [-0.2, -0.15) is 0 Å². The van der Waals surface area contributed by atoms with E-state index in [4.69, 9.17) is 4.74 Å². The summed E-state index contributed by atoms with van der Waals surface area (Å²) in [6.45, 7) is 7.00. The molecule has 23 heavy (non-hydrogen) atoms. The highest BCUT2D eigenvalue weighted by molar-refractivity contribution is 5.87. The predicted octanol–water partition coefficient (Wildman–Crippen LogP) is 2.74. The molecule has 1 aliphatic heterocycles. The molecule has 5 heteroatoms. The molecule has 2 rings (SSSR count). The zero-order valence-corrected chi connectivity index (χ0v) is 14.1. The van der Waals surface area contributed by atoms with Gasteiger partial charge in [0.1, 0.15) is 11.6 Å². The number of nitrogens with zero attached hydrogens (tertiary/aromatic N) is 1. The first-order valence-electron chi connectivity index (χ1n) is 7.95. The summed E-state index contributed by atoms with van der Waals surface area (Å²) in [5.74, 6) is 0.872. The first-order valence-corrected chi connectivity index (χ1v) is 7.95. The van der Waals surface area contributed by atoms with Gasteiger partial charge in [0.15, 0.2) is 0 Å². The van der Waals surface area contributed by atoms with Crippen molar-refractivity contribution in [1.29, 1.82) is 0 Å². The monoisotopic (exact) mass is 320 g/mol. The molecule has 4 nitrogen and oxygen atoms in total. The van der Waals surface area contributed by atoms with E-state index in [-0.39, 0.29) is 11.7 Å². The van der Waals surface area contributed by atoms with Gasteiger partial charge in [-0.1, -0.05) is 5.57 Å². The number of likely N-dealkylation sites (tertiary alicyclic amines) is 1. The van der Waals surface area contributed by atoms with Gasteiger partial charge in [-0.25, -0.2) is 4.39 Å². The van der Waals surface area contributed by atoms with Gasteiger partial charge >= 0.3 is 0 Å². The van der Waals surface area contributed by atoms with Crippen LogP contribution in [0.5, 0.6) is 5.75 Å². The Morgan fingerprint density at radius 2 is 2.26 bits per heavy atom. The van der Waals surface area contributed by atoms with Crippen LogP contribution in [0.2, 0.25) is 0 Å². The van der Waals surface area contributed by atoms with E-state index in [0.29, 0.717) is 24.8 Å². The minimum Gasteiger partial charge on any atom is -0.496 e. The van der Waals surface area contributed by atoms with Gasteiger partial charge in [0.05, 0.1) is 7.11 Å². The minimum absolute atomic E-state index is 0.0322. The average Bonchev–Trinajstić information content (AvgIpc) is 2.92. The van der Waals surface area contributed by atoms with E-state index in [1.165, 1.54) is 12.1 Å². The van der Waals surface area contributed by atoms with Gasteiger partial charge in [0, 0.05) is 31.3 Å². The number of rotatable bonds is 6. The third-order valence-electron chi connectivity index (χ3n) is 3.99. The van der Waals surface area contributed by atoms with Crippen LogP contribution in [0.1, 0.15) is 25.8 Å². The Bertz CT molecular complexity index is 582. The number of carbonyl (C=O) groups excluding carboxylic acids is 1. The Kier molecular flexibility index (Phi) is 6.16. The van der Waals surface area contributed by atoms with E-state index in [0.717, 1.165) is 30.6 Å². The summed E-state index contributed by atoms with van der Waals surface area (Å²) in [6.07, 6.45) is 2.65. The number of allylic oxidation sites excluding steroid dienone is 1. The molecule has 0 bridgehead atoms. The molecule has 1 N–H and O–H groups in total. The molecule has 0 aliphatic carbocycles. The SMILES string of the molecule is COc1ccc(F)cc1CN1CCC(CNC(=O)C=C(C)C)C1. The molecule has 1 atom stereocenters. The van der Waals surface area contributed by atoms with E-state index in [1.54, 1.807) is 19.3 Å². The van der Waals surface area contributed by atoms with Crippen LogP contribution in [0.4, 0.5) is 4.39 Å². The van der Waals surface area contributed by atoms with Gasteiger partial charge in [-0.05, 0) is 50.9 Å². The van der Waals surface area contributed by atoms with Crippen LogP contribution in [-0.4, -0.2) is 37.6 Å². The lowest BCUT2D eigenvalue weighted by Crippen LogP contribution is -2.30. The third kappa shape index (κ3) is 5.36. The smallest absolute Gasteiger partial charge is 0.243 e. The molecular formula is C18H25FN2O2. The van der Waals surface area contributed by atoms with Gasteiger partial charge < -0.3 is 10.1 Å². The molecule has 0 radical (unpaired) electrons. The second-order valence-corrected chi connectivity index (χ2v) is 6.31. The number of nitrogens with one attached hydrogen (secondary N) is 1. The third-order valence-corrected chi connectivity index (χ3v) is 3.99. The lowest BCUT2D eigenvalue weighted by atomic mass is 10.1. The number of methoxy groups -OCH3 is 1. The van der Waals surface area contributed by atoms with Gasteiger partial charge in [0.25, 0.3) is 0 Å². The standard InChI is InChI=1S/C18H25FN2O2/c1-13(2)8-18(22)20-10-14-6-7-21(11-14)12-15-9-16(19)4-5-17(15)23-3/h4-5,8-9,14H,6-7,10-12H2,1-3H3,(H,20,22). The second kappa shape index (κ2) is 8.11. The van der Waals surface area contributed by atoms with Crippen molar-refractivity contribution in [2.24, 2.45) is 5.92 Å². The number of ether oxygens (including phenoxy) is 1.